The van der Waals surface area contributed by atoms with Gasteiger partial charge in [0, 0.05) is 24.0 Å². The lowest BCUT2D eigenvalue weighted by molar-refractivity contribution is 0.170. The molecule has 2 atom stereocenters. The van der Waals surface area contributed by atoms with E-state index in [2.05, 4.69) is 29.4 Å². The molecule has 26 heavy (non-hydrogen) atoms. The Morgan fingerprint density at radius 2 is 1.88 bits per heavy atom. The van der Waals surface area contributed by atoms with Crippen LogP contribution in [0.4, 0.5) is 0 Å². The van der Waals surface area contributed by atoms with E-state index in [1.165, 1.54) is 5.56 Å². The maximum Gasteiger partial charge on any atom is 0.252 e. The molecule has 5 nitrogen and oxygen atoms in total. The number of fused-ring (bicyclic) bond motifs is 1. The van der Waals surface area contributed by atoms with E-state index < -0.39 is 6.10 Å². The first-order chi connectivity index (χ1) is 12.5. The first kappa shape index (κ1) is 18.2. The van der Waals surface area contributed by atoms with Crippen LogP contribution in [0.1, 0.15) is 30.6 Å². The van der Waals surface area contributed by atoms with E-state index >= 15 is 0 Å². The van der Waals surface area contributed by atoms with Gasteiger partial charge in [-0.05, 0) is 43.0 Å². The van der Waals surface area contributed by atoms with Gasteiger partial charge in [-0.25, -0.2) is 0 Å². The van der Waals surface area contributed by atoms with Crippen molar-refractivity contribution in [3.8, 4) is 5.75 Å². The summed E-state index contributed by atoms with van der Waals surface area (Å²) < 4.78 is 0. The third kappa shape index (κ3) is 4.50. The van der Waals surface area contributed by atoms with Crippen molar-refractivity contribution in [3.05, 3.63) is 76.1 Å². The average Bonchev–Trinajstić information content (AvgIpc) is 2.65. The van der Waals surface area contributed by atoms with Crippen molar-refractivity contribution >= 4 is 10.9 Å². The number of aliphatic hydroxyl groups excluding tert-OH is 1. The molecule has 0 saturated heterocycles. The van der Waals surface area contributed by atoms with Crippen LogP contribution in [0.15, 0.2) is 59.4 Å². The van der Waals surface area contributed by atoms with Crippen LogP contribution < -0.4 is 10.9 Å². The van der Waals surface area contributed by atoms with E-state index in [1.807, 2.05) is 18.2 Å². The predicted molar refractivity (Wildman–Crippen MR) is 103 cm³/mol. The molecule has 1 heterocycles. The van der Waals surface area contributed by atoms with E-state index in [0.29, 0.717) is 23.0 Å². The van der Waals surface area contributed by atoms with Gasteiger partial charge in [-0.15, -0.1) is 0 Å². The molecule has 2 aromatic carbocycles. The van der Waals surface area contributed by atoms with Gasteiger partial charge in [0.1, 0.15) is 5.75 Å². The Hall–Kier alpha value is -2.63. The topological polar surface area (TPSA) is 85.4 Å². The number of aliphatic hydroxyl groups is 1. The number of H-pyrrole nitrogens is 1. The minimum absolute atomic E-state index is 0.0815. The number of rotatable bonds is 7. The molecule has 0 spiro atoms. The second-order valence-corrected chi connectivity index (χ2v) is 6.67. The first-order valence-corrected chi connectivity index (χ1v) is 8.84. The van der Waals surface area contributed by atoms with Gasteiger partial charge >= 0.3 is 0 Å². The van der Waals surface area contributed by atoms with Crippen molar-refractivity contribution in [1.82, 2.24) is 10.3 Å². The number of nitrogens with one attached hydrogen (secondary N) is 2. The molecule has 0 radical (unpaired) electrons. The molecule has 4 N–H and O–H groups in total. The summed E-state index contributed by atoms with van der Waals surface area (Å²) in [6, 6.07) is 16.9. The Morgan fingerprint density at radius 3 is 2.65 bits per heavy atom. The Labute approximate surface area is 152 Å². The number of hydrogen-bond acceptors (Lipinski definition) is 4. The summed E-state index contributed by atoms with van der Waals surface area (Å²) >= 11 is 0. The highest BCUT2D eigenvalue weighted by Gasteiger charge is 2.12. The van der Waals surface area contributed by atoms with Crippen molar-refractivity contribution < 1.29 is 10.2 Å². The fourth-order valence-electron chi connectivity index (χ4n) is 3.02. The zero-order valence-electron chi connectivity index (χ0n) is 14.8. The van der Waals surface area contributed by atoms with Crippen LogP contribution in [0, 0.1) is 0 Å². The molecule has 0 aliphatic heterocycles. The summed E-state index contributed by atoms with van der Waals surface area (Å²) in [5.41, 5.74) is 2.20. The summed E-state index contributed by atoms with van der Waals surface area (Å²) in [6.45, 7) is 2.53. The molecule has 136 valence electrons. The monoisotopic (exact) mass is 352 g/mol. The Bertz CT molecular complexity index is 921. The lowest BCUT2D eigenvalue weighted by atomic mass is 10.0. The van der Waals surface area contributed by atoms with Gasteiger partial charge in [0.15, 0.2) is 0 Å². The molecule has 0 saturated carbocycles. The molecule has 0 bridgehead atoms. The molecule has 0 amide bonds. The number of hydrogen-bond donors (Lipinski definition) is 4. The van der Waals surface area contributed by atoms with Crippen LogP contribution in [-0.4, -0.2) is 27.8 Å². The van der Waals surface area contributed by atoms with Crippen molar-refractivity contribution in [3.63, 3.8) is 0 Å². The summed E-state index contributed by atoms with van der Waals surface area (Å²) in [6.07, 6.45) is 1.28. The van der Waals surface area contributed by atoms with Crippen LogP contribution in [0.25, 0.3) is 10.9 Å². The number of aryl methyl sites for hydroxylation is 1. The minimum atomic E-state index is -0.690. The van der Waals surface area contributed by atoms with Crippen LogP contribution in [0.3, 0.4) is 0 Å². The predicted octanol–water partition coefficient (Wildman–Crippen LogP) is 2.88. The maximum atomic E-state index is 11.4. The molecule has 0 aliphatic carbocycles. The van der Waals surface area contributed by atoms with E-state index in [9.17, 15) is 15.0 Å². The van der Waals surface area contributed by atoms with Gasteiger partial charge < -0.3 is 20.5 Å². The van der Waals surface area contributed by atoms with Gasteiger partial charge in [0.05, 0.1) is 11.6 Å². The molecule has 2 unspecified atom stereocenters. The molecule has 0 fully saturated rings. The highest BCUT2D eigenvalue weighted by Crippen LogP contribution is 2.24. The average molecular weight is 352 g/mol. The maximum absolute atomic E-state index is 11.4. The molecular formula is C21H24N2O3. The zero-order valence-corrected chi connectivity index (χ0v) is 14.8. The highest BCUT2D eigenvalue weighted by molar-refractivity contribution is 5.85. The summed E-state index contributed by atoms with van der Waals surface area (Å²) in [4.78, 5) is 14.1. The van der Waals surface area contributed by atoms with Crippen molar-refractivity contribution in [2.75, 3.05) is 6.54 Å². The van der Waals surface area contributed by atoms with Gasteiger partial charge in [-0.1, -0.05) is 36.4 Å². The van der Waals surface area contributed by atoms with Crippen LogP contribution in [-0.2, 0) is 6.42 Å². The molecule has 5 heteroatoms. The second kappa shape index (κ2) is 8.17. The number of aromatic amines is 1. The lowest BCUT2D eigenvalue weighted by Crippen LogP contribution is -2.30. The quantitative estimate of drug-likeness (QED) is 0.527. The second-order valence-electron chi connectivity index (χ2n) is 6.67. The summed E-state index contributed by atoms with van der Waals surface area (Å²) in [7, 11) is 0. The third-order valence-electron chi connectivity index (χ3n) is 4.60. The summed E-state index contributed by atoms with van der Waals surface area (Å²) in [5, 5.41) is 24.3. The SMILES string of the molecule is CC(CCc1ccccc1)NCC(O)c1ccc2[nH]c(=O)cc(O)c2c1. The van der Waals surface area contributed by atoms with Gasteiger partial charge in [-0.2, -0.15) is 0 Å². The van der Waals surface area contributed by atoms with E-state index in [4.69, 9.17) is 0 Å². The standard InChI is InChI=1S/C21H24N2O3/c1-14(7-8-15-5-3-2-4-6-15)22-13-20(25)16-9-10-18-17(11-16)19(24)12-21(26)23-18/h2-6,9-12,14,20,22,25H,7-8,13H2,1H3,(H2,23,24,26). The Kier molecular flexibility index (Phi) is 5.71. The number of benzene rings is 2. The van der Waals surface area contributed by atoms with Gasteiger partial charge in [0.2, 0.25) is 0 Å². The van der Waals surface area contributed by atoms with E-state index in [1.54, 1.807) is 18.2 Å². The highest BCUT2D eigenvalue weighted by atomic mass is 16.3. The lowest BCUT2D eigenvalue weighted by Gasteiger charge is -2.18. The first-order valence-electron chi connectivity index (χ1n) is 8.84. The van der Waals surface area contributed by atoms with Gasteiger partial charge in [-0.3, -0.25) is 4.79 Å². The van der Waals surface area contributed by atoms with Crippen molar-refractivity contribution in [2.45, 2.75) is 31.9 Å². The fourth-order valence-corrected chi connectivity index (χ4v) is 3.02. The van der Waals surface area contributed by atoms with Crippen molar-refractivity contribution in [2.24, 2.45) is 0 Å². The Morgan fingerprint density at radius 1 is 1.12 bits per heavy atom. The number of aromatic hydroxyl groups is 1. The molecular weight excluding hydrogens is 328 g/mol. The number of aromatic nitrogens is 1. The third-order valence-corrected chi connectivity index (χ3v) is 4.60. The van der Waals surface area contributed by atoms with E-state index in [0.717, 1.165) is 18.9 Å². The van der Waals surface area contributed by atoms with Crippen LogP contribution in [0.5, 0.6) is 5.75 Å². The largest absolute Gasteiger partial charge is 0.507 e. The normalized spacial score (nSPS) is 13.6. The minimum Gasteiger partial charge on any atom is -0.507 e. The smallest absolute Gasteiger partial charge is 0.252 e. The van der Waals surface area contributed by atoms with Crippen LogP contribution in [0.2, 0.25) is 0 Å². The van der Waals surface area contributed by atoms with Crippen molar-refractivity contribution in [1.29, 1.82) is 0 Å². The zero-order chi connectivity index (χ0) is 18.5. The molecule has 3 rings (SSSR count). The number of pyridine rings is 1. The molecule has 0 aliphatic rings. The fraction of sp³-hybridized carbons (Fsp3) is 0.286. The molecule has 3 aromatic rings. The summed E-state index contributed by atoms with van der Waals surface area (Å²) in [5.74, 6) is -0.0815. The molecule has 1 aromatic heterocycles. The van der Waals surface area contributed by atoms with Gasteiger partial charge in [0.25, 0.3) is 5.56 Å². The van der Waals surface area contributed by atoms with Crippen LogP contribution >= 0.6 is 0 Å². The van der Waals surface area contributed by atoms with E-state index in [-0.39, 0.29) is 17.4 Å². The Balaban J connectivity index is 1.58.